The minimum Gasteiger partial charge on any atom is -0.259 e. The predicted molar refractivity (Wildman–Crippen MR) is 52.1 cm³/mol. The quantitative estimate of drug-likeness (QED) is 0.610. The van der Waals surface area contributed by atoms with E-state index in [9.17, 15) is 0 Å². The third-order valence-electron chi connectivity index (χ3n) is 1.54. The summed E-state index contributed by atoms with van der Waals surface area (Å²) in [6.07, 6.45) is 5.09. The van der Waals surface area contributed by atoms with Crippen molar-refractivity contribution in [3.05, 3.63) is 36.2 Å². The monoisotopic (exact) mass is 160 g/mol. The summed E-state index contributed by atoms with van der Waals surface area (Å²) in [5.41, 5.74) is 3.06. The van der Waals surface area contributed by atoms with Crippen LogP contribution in [-0.4, -0.2) is 11.2 Å². The van der Waals surface area contributed by atoms with E-state index in [1.807, 2.05) is 19.9 Å². The molecule has 0 aliphatic rings. The van der Waals surface area contributed by atoms with Crippen molar-refractivity contribution in [2.24, 2.45) is 4.99 Å². The van der Waals surface area contributed by atoms with Crippen LogP contribution in [0.5, 0.6) is 0 Å². The van der Waals surface area contributed by atoms with Crippen LogP contribution in [0, 0.1) is 13.8 Å². The number of hydrogen-bond acceptors (Lipinski definition) is 2. The number of pyridine rings is 1. The van der Waals surface area contributed by atoms with Gasteiger partial charge in [-0.05, 0) is 25.5 Å². The van der Waals surface area contributed by atoms with Gasteiger partial charge in [0.2, 0.25) is 0 Å². The molecule has 0 amide bonds. The Kier molecular flexibility index (Phi) is 2.75. The zero-order chi connectivity index (χ0) is 8.97. The molecule has 0 bridgehead atoms. The molecule has 62 valence electrons. The Bertz CT molecular complexity index is 314. The van der Waals surface area contributed by atoms with Crippen LogP contribution < -0.4 is 0 Å². The number of allylic oxidation sites excluding steroid dienone is 1. The first kappa shape index (κ1) is 8.65. The summed E-state index contributed by atoms with van der Waals surface area (Å²) in [6.45, 7) is 7.54. The van der Waals surface area contributed by atoms with Gasteiger partial charge < -0.3 is 0 Å². The van der Waals surface area contributed by atoms with Gasteiger partial charge in [-0.2, -0.15) is 0 Å². The van der Waals surface area contributed by atoms with Crippen LogP contribution in [-0.2, 0) is 0 Å². The van der Waals surface area contributed by atoms with Crippen molar-refractivity contribution in [3.8, 4) is 0 Å². The van der Waals surface area contributed by atoms with Gasteiger partial charge in [0.1, 0.15) is 0 Å². The summed E-state index contributed by atoms with van der Waals surface area (Å²) in [6, 6.07) is 2.01. The lowest BCUT2D eigenvalue weighted by Gasteiger charge is -1.98. The first-order valence-electron chi connectivity index (χ1n) is 3.82. The molecule has 12 heavy (non-hydrogen) atoms. The third kappa shape index (κ3) is 2.02. The van der Waals surface area contributed by atoms with Crippen LogP contribution >= 0.6 is 0 Å². The van der Waals surface area contributed by atoms with E-state index in [0.717, 1.165) is 16.9 Å². The van der Waals surface area contributed by atoms with Crippen LogP contribution in [0.2, 0.25) is 0 Å². The van der Waals surface area contributed by atoms with E-state index in [4.69, 9.17) is 0 Å². The molecule has 0 N–H and O–H groups in total. The van der Waals surface area contributed by atoms with Crippen molar-refractivity contribution in [2.75, 3.05) is 0 Å². The molecule has 0 fully saturated rings. The van der Waals surface area contributed by atoms with Crippen molar-refractivity contribution in [2.45, 2.75) is 13.8 Å². The second-order valence-electron chi connectivity index (χ2n) is 2.63. The summed E-state index contributed by atoms with van der Waals surface area (Å²) in [7, 11) is 0. The van der Waals surface area contributed by atoms with Crippen molar-refractivity contribution in [3.63, 3.8) is 0 Å². The average Bonchev–Trinajstić information content (AvgIpc) is 2.03. The predicted octanol–water partition coefficient (Wildman–Crippen LogP) is 2.59. The lowest BCUT2D eigenvalue weighted by Crippen LogP contribution is -1.82. The molecule has 2 heteroatoms. The van der Waals surface area contributed by atoms with Crippen molar-refractivity contribution >= 4 is 11.9 Å². The summed E-state index contributed by atoms with van der Waals surface area (Å²) >= 11 is 0. The number of hydrogen-bond donors (Lipinski definition) is 0. The summed E-state index contributed by atoms with van der Waals surface area (Å²) in [4.78, 5) is 8.30. The maximum absolute atomic E-state index is 4.16. The maximum Gasteiger partial charge on any atom is 0.0842 e. The molecule has 0 radical (unpaired) electrons. The van der Waals surface area contributed by atoms with E-state index >= 15 is 0 Å². The van der Waals surface area contributed by atoms with Gasteiger partial charge in [-0.3, -0.25) is 9.98 Å². The summed E-state index contributed by atoms with van der Waals surface area (Å²) in [5, 5.41) is 0. The van der Waals surface area contributed by atoms with Gasteiger partial charge >= 0.3 is 0 Å². The molecule has 1 heterocycles. The lowest BCUT2D eigenvalue weighted by atomic mass is 10.2. The molecule has 0 aliphatic heterocycles. The molecule has 1 aromatic heterocycles. The fourth-order valence-electron chi connectivity index (χ4n) is 0.957. The molecule has 0 spiro atoms. The average molecular weight is 160 g/mol. The van der Waals surface area contributed by atoms with Gasteiger partial charge in [0.15, 0.2) is 0 Å². The lowest BCUT2D eigenvalue weighted by molar-refractivity contribution is 1.17. The van der Waals surface area contributed by atoms with Crippen LogP contribution in [0.4, 0.5) is 5.69 Å². The van der Waals surface area contributed by atoms with E-state index in [2.05, 4.69) is 16.6 Å². The maximum atomic E-state index is 4.16. The zero-order valence-electron chi connectivity index (χ0n) is 7.41. The van der Waals surface area contributed by atoms with Gasteiger partial charge in [0.25, 0.3) is 0 Å². The van der Waals surface area contributed by atoms with E-state index in [1.54, 1.807) is 18.5 Å². The Morgan fingerprint density at radius 3 is 2.83 bits per heavy atom. The Hall–Kier alpha value is -1.44. The molecule has 2 nitrogen and oxygen atoms in total. The number of aromatic nitrogens is 1. The fraction of sp³-hybridized carbons (Fsp3) is 0.200. The molecule has 0 unspecified atom stereocenters. The molecule has 0 aromatic carbocycles. The van der Waals surface area contributed by atoms with Gasteiger partial charge in [-0.15, -0.1) is 0 Å². The molecule has 0 saturated carbocycles. The first-order valence-corrected chi connectivity index (χ1v) is 3.82. The van der Waals surface area contributed by atoms with E-state index in [1.165, 1.54) is 0 Å². The molecular formula is C10H12N2. The van der Waals surface area contributed by atoms with Crippen molar-refractivity contribution < 1.29 is 0 Å². The Balaban J connectivity index is 3.01. The van der Waals surface area contributed by atoms with Gasteiger partial charge in [-0.1, -0.05) is 12.7 Å². The molecule has 0 saturated heterocycles. The summed E-state index contributed by atoms with van der Waals surface area (Å²) in [5.74, 6) is 0. The Labute approximate surface area is 72.7 Å². The van der Waals surface area contributed by atoms with Crippen molar-refractivity contribution in [1.82, 2.24) is 4.98 Å². The highest BCUT2D eigenvalue weighted by molar-refractivity contribution is 5.74. The van der Waals surface area contributed by atoms with Crippen LogP contribution in [0.3, 0.4) is 0 Å². The molecule has 0 atom stereocenters. The highest BCUT2D eigenvalue weighted by Crippen LogP contribution is 2.16. The van der Waals surface area contributed by atoms with Gasteiger partial charge in [-0.25, -0.2) is 0 Å². The molecule has 1 aromatic rings. The second-order valence-corrected chi connectivity index (χ2v) is 2.63. The normalized spacial score (nSPS) is 10.5. The minimum absolute atomic E-state index is 0.903. The number of nitrogens with zero attached hydrogens (tertiary/aromatic N) is 2. The van der Waals surface area contributed by atoms with E-state index in [-0.39, 0.29) is 0 Å². The van der Waals surface area contributed by atoms with Gasteiger partial charge in [0.05, 0.1) is 11.9 Å². The minimum atomic E-state index is 0.903. The Morgan fingerprint density at radius 2 is 2.25 bits per heavy atom. The van der Waals surface area contributed by atoms with E-state index < -0.39 is 0 Å². The third-order valence-corrected chi connectivity index (χ3v) is 1.54. The number of aliphatic imine (C=N–C) groups is 1. The van der Waals surface area contributed by atoms with Crippen LogP contribution in [0.15, 0.2) is 29.9 Å². The largest absolute Gasteiger partial charge is 0.259 e. The molecule has 1 rings (SSSR count). The topological polar surface area (TPSA) is 25.2 Å². The highest BCUT2D eigenvalue weighted by Gasteiger charge is 1.94. The van der Waals surface area contributed by atoms with E-state index in [0.29, 0.717) is 0 Å². The SMILES string of the molecule is C=CC=Nc1cnc(C)cc1C. The number of rotatable bonds is 2. The van der Waals surface area contributed by atoms with Crippen LogP contribution in [0.25, 0.3) is 0 Å². The fourth-order valence-corrected chi connectivity index (χ4v) is 0.957. The van der Waals surface area contributed by atoms with Crippen molar-refractivity contribution in [1.29, 1.82) is 0 Å². The van der Waals surface area contributed by atoms with Gasteiger partial charge in [0, 0.05) is 11.9 Å². The smallest absolute Gasteiger partial charge is 0.0842 e. The standard InChI is InChI=1S/C10H12N2/c1-4-5-11-10-7-12-9(3)6-8(10)2/h4-7H,1H2,2-3H3. The first-order chi connectivity index (χ1) is 5.74. The number of aryl methyl sites for hydroxylation is 2. The highest BCUT2D eigenvalue weighted by atomic mass is 14.8. The molecule has 0 aliphatic carbocycles. The summed E-state index contributed by atoms with van der Waals surface area (Å²) < 4.78 is 0. The zero-order valence-corrected chi connectivity index (χ0v) is 7.41. The second kappa shape index (κ2) is 3.81. The molecular weight excluding hydrogens is 148 g/mol. The van der Waals surface area contributed by atoms with Crippen LogP contribution in [0.1, 0.15) is 11.3 Å². The Morgan fingerprint density at radius 1 is 1.50 bits per heavy atom.